The molecule has 1 aromatic heterocycles. The van der Waals surface area contributed by atoms with E-state index in [9.17, 15) is 5.11 Å². The van der Waals surface area contributed by atoms with E-state index in [0.717, 1.165) is 16.6 Å². The average molecular weight is 208 g/mol. The van der Waals surface area contributed by atoms with E-state index in [1.807, 2.05) is 36.5 Å². The summed E-state index contributed by atoms with van der Waals surface area (Å²) in [5, 5.41) is 10.4. The lowest BCUT2D eigenvalue weighted by Crippen LogP contribution is -1.90. The second kappa shape index (κ2) is 3.42. The van der Waals surface area contributed by atoms with Gasteiger partial charge in [0.1, 0.15) is 5.75 Å². The first kappa shape index (κ1) is 9.04. The summed E-state index contributed by atoms with van der Waals surface area (Å²) >= 11 is 0. The van der Waals surface area contributed by atoms with E-state index in [1.54, 1.807) is 12.1 Å². The van der Waals surface area contributed by atoms with Gasteiger partial charge in [-0.25, -0.2) is 0 Å². The van der Waals surface area contributed by atoms with Crippen molar-refractivity contribution in [2.45, 2.75) is 0 Å². The van der Waals surface area contributed by atoms with Gasteiger partial charge in [0, 0.05) is 17.3 Å². The second-order valence-electron chi connectivity index (χ2n) is 3.69. The first-order valence-electron chi connectivity index (χ1n) is 5.11. The van der Waals surface area contributed by atoms with E-state index in [1.165, 1.54) is 0 Å². The first-order valence-corrected chi connectivity index (χ1v) is 5.11. The molecule has 0 unspecified atom stereocenters. The van der Waals surface area contributed by atoms with Gasteiger partial charge < -0.3 is 9.67 Å². The van der Waals surface area contributed by atoms with Crippen LogP contribution in [0.2, 0.25) is 0 Å². The molecule has 0 fully saturated rings. The van der Waals surface area contributed by atoms with Gasteiger partial charge in [0.25, 0.3) is 0 Å². The summed E-state index contributed by atoms with van der Waals surface area (Å²) in [4.78, 5) is 0. The molecule has 2 aromatic carbocycles. The lowest BCUT2D eigenvalue weighted by molar-refractivity contribution is 0.475. The van der Waals surface area contributed by atoms with E-state index in [0.29, 0.717) is 0 Å². The van der Waals surface area contributed by atoms with Crippen molar-refractivity contribution in [2.75, 3.05) is 0 Å². The molecule has 2 heteroatoms. The molecule has 77 valence electrons. The number of aromatic hydroxyl groups is 1. The van der Waals surface area contributed by atoms with E-state index >= 15 is 0 Å². The summed E-state index contributed by atoms with van der Waals surface area (Å²) in [6.07, 6.45) is 2.02. The van der Waals surface area contributed by atoms with Crippen molar-refractivity contribution in [1.29, 1.82) is 0 Å². The third-order valence-corrected chi connectivity index (χ3v) is 2.66. The minimum Gasteiger partial charge on any atom is -0.508 e. The second-order valence-corrected chi connectivity index (χ2v) is 3.69. The fourth-order valence-corrected chi connectivity index (χ4v) is 1.86. The Kier molecular flexibility index (Phi) is 1.93. The molecule has 0 aliphatic heterocycles. The lowest BCUT2D eigenvalue weighted by Gasteiger charge is -2.05. The minimum atomic E-state index is 0.286. The highest BCUT2D eigenvalue weighted by Gasteiger charge is 2.01. The van der Waals surface area contributed by atoms with Crippen molar-refractivity contribution < 1.29 is 5.11 Å². The summed E-state index contributed by atoms with van der Waals surface area (Å²) in [6, 6.07) is 18.2. The van der Waals surface area contributed by atoms with Crippen LogP contribution < -0.4 is 0 Å². The number of nitrogens with zero attached hydrogens (tertiary/aromatic N) is 1. The zero-order valence-electron chi connectivity index (χ0n) is 8.59. The molecular weight excluding hydrogens is 198 g/mol. The molecule has 1 N–H and O–H groups in total. The van der Waals surface area contributed by atoms with Crippen LogP contribution in [0.25, 0.3) is 16.6 Å². The van der Waals surface area contributed by atoms with Gasteiger partial charge >= 0.3 is 0 Å². The summed E-state index contributed by atoms with van der Waals surface area (Å²) in [6.45, 7) is 0. The van der Waals surface area contributed by atoms with E-state index in [-0.39, 0.29) is 5.75 Å². The molecule has 16 heavy (non-hydrogen) atoms. The topological polar surface area (TPSA) is 25.2 Å². The Balaban J connectivity index is 2.22. The van der Waals surface area contributed by atoms with E-state index < -0.39 is 0 Å². The Morgan fingerprint density at radius 1 is 1.00 bits per heavy atom. The van der Waals surface area contributed by atoms with Gasteiger partial charge in [-0.15, -0.1) is 0 Å². The van der Waals surface area contributed by atoms with Gasteiger partial charge in [-0.3, -0.25) is 0 Å². The van der Waals surface area contributed by atoms with E-state index in [4.69, 9.17) is 0 Å². The molecule has 0 aliphatic carbocycles. The molecule has 0 bridgehead atoms. The van der Waals surface area contributed by atoms with Gasteiger partial charge in [0.2, 0.25) is 0 Å². The summed E-state index contributed by atoms with van der Waals surface area (Å²) < 4.78 is 2.09. The zero-order valence-corrected chi connectivity index (χ0v) is 8.59. The van der Waals surface area contributed by atoms with Crippen LogP contribution in [-0.4, -0.2) is 9.67 Å². The molecular formula is C14H10NO. The molecule has 2 nitrogen and oxygen atoms in total. The quantitative estimate of drug-likeness (QED) is 0.653. The molecule has 0 saturated carbocycles. The third-order valence-electron chi connectivity index (χ3n) is 2.66. The minimum absolute atomic E-state index is 0.286. The summed E-state index contributed by atoms with van der Waals surface area (Å²) in [5.41, 5.74) is 2.18. The Labute approximate surface area is 93.4 Å². The molecule has 0 saturated heterocycles. The maximum absolute atomic E-state index is 9.25. The zero-order chi connectivity index (χ0) is 11.0. The Morgan fingerprint density at radius 2 is 1.81 bits per heavy atom. The van der Waals surface area contributed by atoms with Crippen LogP contribution in [0.3, 0.4) is 0 Å². The van der Waals surface area contributed by atoms with Gasteiger partial charge in [-0.2, -0.15) is 0 Å². The van der Waals surface area contributed by atoms with Crippen molar-refractivity contribution in [3.05, 3.63) is 60.8 Å². The van der Waals surface area contributed by atoms with Crippen molar-refractivity contribution >= 4 is 10.9 Å². The summed E-state index contributed by atoms with van der Waals surface area (Å²) in [5.74, 6) is 0.286. The van der Waals surface area contributed by atoms with Gasteiger partial charge in [-0.05, 0) is 48.5 Å². The van der Waals surface area contributed by atoms with Crippen molar-refractivity contribution in [3.8, 4) is 11.4 Å². The Hall–Kier alpha value is -2.22. The van der Waals surface area contributed by atoms with Crippen molar-refractivity contribution in [2.24, 2.45) is 0 Å². The highest BCUT2D eigenvalue weighted by molar-refractivity contribution is 5.81. The molecule has 0 spiro atoms. The average Bonchev–Trinajstić information content (AvgIpc) is 2.74. The van der Waals surface area contributed by atoms with Crippen LogP contribution >= 0.6 is 0 Å². The highest BCUT2D eigenvalue weighted by atomic mass is 16.3. The number of phenols is 1. The third kappa shape index (κ3) is 1.36. The smallest absolute Gasteiger partial charge is 0.115 e. The highest BCUT2D eigenvalue weighted by Crippen LogP contribution is 2.21. The standard InChI is InChI=1S/C14H10NO/c16-13-7-5-12(6-8-13)15-10-9-11-3-1-2-4-14(11)15/h2-10,16H. The number of hydrogen-bond donors (Lipinski definition) is 1. The Bertz CT molecular complexity index is 623. The van der Waals surface area contributed by atoms with Gasteiger partial charge in [0.15, 0.2) is 0 Å². The van der Waals surface area contributed by atoms with Crippen molar-refractivity contribution in [3.63, 3.8) is 0 Å². The monoisotopic (exact) mass is 208 g/mol. The van der Waals surface area contributed by atoms with Crippen LogP contribution in [0.1, 0.15) is 0 Å². The largest absolute Gasteiger partial charge is 0.508 e. The molecule has 1 radical (unpaired) electrons. The molecule has 0 aliphatic rings. The van der Waals surface area contributed by atoms with Crippen LogP contribution in [0.5, 0.6) is 5.75 Å². The number of fused-ring (bicyclic) bond motifs is 1. The van der Waals surface area contributed by atoms with Crippen LogP contribution in [0.15, 0.2) is 54.7 Å². The summed E-state index contributed by atoms with van der Waals surface area (Å²) in [7, 11) is 0. The SMILES string of the molecule is Oc1ccc(-n2ccc3c[c]ccc32)cc1. The molecule has 0 atom stereocenters. The van der Waals surface area contributed by atoms with Gasteiger partial charge in [0.05, 0.1) is 5.52 Å². The predicted molar refractivity (Wildman–Crippen MR) is 63.8 cm³/mol. The molecule has 3 rings (SSSR count). The van der Waals surface area contributed by atoms with Gasteiger partial charge in [-0.1, -0.05) is 6.07 Å². The fourth-order valence-electron chi connectivity index (χ4n) is 1.86. The first-order chi connectivity index (χ1) is 7.84. The normalized spacial score (nSPS) is 10.8. The maximum Gasteiger partial charge on any atom is 0.115 e. The van der Waals surface area contributed by atoms with Crippen LogP contribution in [0, 0.1) is 6.07 Å². The fraction of sp³-hybridized carbons (Fsp3) is 0. The molecule has 3 aromatic rings. The van der Waals surface area contributed by atoms with E-state index in [2.05, 4.69) is 16.7 Å². The maximum atomic E-state index is 9.25. The number of phenolic OH excluding ortho intramolecular Hbond substituents is 1. The predicted octanol–water partition coefficient (Wildman–Crippen LogP) is 3.14. The number of rotatable bonds is 1. The molecule has 0 amide bonds. The van der Waals surface area contributed by atoms with Crippen LogP contribution in [0.4, 0.5) is 0 Å². The lowest BCUT2D eigenvalue weighted by atomic mass is 10.2. The Morgan fingerprint density at radius 3 is 2.62 bits per heavy atom. The van der Waals surface area contributed by atoms with Crippen molar-refractivity contribution in [1.82, 2.24) is 4.57 Å². The number of hydrogen-bond acceptors (Lipinski definition) is 1. The van der Waals surface area contributed by atoms with Crippen LogP contribution in [-0.2, 0) is 0 Å². The molecule has 1 heterocycles. The number of benzene rings is 2. The number of aromatic nitrogens is 1.